The predicted molar refractivity (Wildman–Crippen MR) is 161 cm³/mol. The lowest BCUT2D eigenvalue weighted by molar-refractivity contribution is 0.0126. The average Bonchev–Trinajstić information content (AvgIpc) is 3.50. The van der Waals surface area contributed by atoms with E-state index in [0.717, 1.165) is 40.6 Å². The summed E-state index contributed by atoms with van der Waals surface area (Å²) in [5, 5.41) is 13.2. The Kier molecular flexibility index (Phi) is 8.27. The number of nitrogens with zero attached hydrogens (tertiary/aromatic N) is 3. The number of piperidine rings is 1. The SMILES string of the molecule is CC(C)(C)OC(=O)N1CCC(Oc2ccc(N(Cc3ccc4ccc(C#N)cc4c3)C(=O)c3cccs3)cc2)CC1. The van der Waals surface area contributed by atoms with E-state index in [1.165, 1.54) is 11.3 Å². The molecule has 1 saturated heterocycles. The molecular formula is C33H33N3O4S. The minimum atomic E-state index is -0.514. The topological polar surface area (TPSA) is 82.9 Å². The molecule has 0 bridgehead atoms. The smallest absolute Gasteiger partial charge is 0.410 e. The van der Waals surface area contributed by atoms with Gasteiger partial charge in [-0.15, -0.1) is 11.3 Å². The molecule has 7 nitrogen and oxygen atoms in total. The van der Waals surface area contributed by atoms with Crippen LogP contribution in [0, 0.1) is 11.3 Å². The van der Waals surface area contributed by atoms with Crippen LogP contribution in [0.15, 0.2) is 78.2 Å². The molecule has 210 valence electrons. The molecule has 8 heteroatoms. The van der Waals surface area contributed by atoms with Crippen LogP contribution in [-0.4, -0.2) is 41.7 Å². The number of carbonyl (C=O) groups excluding carboxylic acids is 2. The van der Waals surface area contributed by atoms with E-state index < -0.39 is 5.60 Å². The van der Waals surface area contributed by atoms with E-state index in [-0.39, 0.29) is 18.1 Å². The first-order valence-electron chi connectivity index (χ1n) is 13.7. The molecule has 0 saturated carbocycles. The summed E-state index contributed by atoms with van der Waals surface area (Å²) in [7, 11) is 0. The standard InChI is InChI=1S/C33H33N3O4S/c1-33(2,3)40-32(38)35-16-14-29(15-17-35)39-28-12-10-27(11-13-28)36(31(37)30-5-4-18-41-30)22-24-7-9-25-8-6-23(21-34)19-26(25)20-24/h4-13,18-20,29H,14-17,22H2,1-3H3. The molecule has 3 aromatic carbocycles. The Hall–Kier alpha value is -4.35. The van der Waals surface area contributed by atoms with Gasteiger partial charge in [-0.2, -0.15) is 5.26 Å². The molecule has 41 heavy (non-hydrogen) atoms. The number of hydrogen-bond acceptors (Lipinski definition) is 6. The normalized spacial score (nSPS) is 14.0. The zero-order valence-corrected chi connectivity index (χ0v) is 24.3. The lowest BCUT2D eigenvalue weighted by Crippen LogP contribution is -2.44. The Morgan fingerprint density at radius 2 is 1.73 bits per heavy atom. The summed E-state index contributed by atoms with van der Waals surface area (Å²) < 4.78 is 11.7. The molecule has 0 unspecified atom stereocenters. The summed E-state index contributed by atoms with van der Waals surface area (Å²) >= 11 is 1.41. The van der Waals surface area contributed by atoms with Gasteiger partial charge in [-0.05, 0) is 91.0 Å². The van der Waals surface area contributed by atoms with E-state index in [1.807, 2.05) is 98.9 Å². The van der Waals surface area contributed by atoms with Gasteiger partial charge >= 0.3 is 6.09 Å². The first kappa shape index (κ1) is 28.2. The van der Waals surface area contributed by atoms with E-state index in [0.29, 0.717) is 30.1 Å². The highest BCUT2D eigenvalue weighted by Gasteiger charge is 2.28. The molecule has 5 rings (SSSR count). The van der Waals surface area contributed by atoms with Crippen LogP contribution in [0.1, 0.15) is 54.4 Å². The quantitative estimate of drug-likeness (QED) is 0.242. The number of amides is 2. The number of ether oxygens (including phenoxy) is 2. The van der Waals surface area contributed by atoms with E-state index in [4.69, 9.17) is 9.47 Å². The zero-order chi connectivity index (χ0) is 29.0. The molecule has 1 aliphatic heterocycles. The Bertz CT molecular complexity index is 1560. The highest BCUT2D eigenvalue weighted by atomic mass is 32.1. The summed E-state index contributed by atoms with van der Waals surface area (Å²) in [6.07, 6.45) is 1.16. The molecule has 4 aromatic rings. The van der Waals surface area contributed by atoms with Gasteiger partial charge in [0.2, 0.25) is 0 Å². The monoisotopic (exact) mass is 567 g/mol. The number of anilines is 1. The van der Waals surface area contributed by atoms with Gasteiger partial charge < -0.3 is 19.3 Å². The Balaban J connectivity index is 1.29. The molecule has 2 amide bonds. The molecule has 1 aromatic heterocycles. The lowest BCUT2D eigenvalue weighted by atomic mass is 10.0. The number of likely N-dealkylation sites (tertiary alicyclic amines) is 1. The van der Waals surface area contributed by atoms with E-state index in [1.54, 1.807) is 9.80 Å². The number of benzene rings is 3. The molecule has 1 aliphatic rings. The third-order valence-corrected chi connectivity index (χ3v) is 7.75. The number of carbonyl (C=O) groups is 2. The third-order valence-electron chi connectivity index (χ3n) is 6.90. The van der Waals surface area contributed by atoms with Crippen LogP contribution >= 0.6 is 11.3 Å². The van der Waals surface area contributed by atoms with Crippen molar-refractivity contribution in [1.29, 1.82) is 5.26 Å². The first-order valence-corrected chi connectivity index (χ1v) is 14.6. The van der Waals surface area contributed by atoms with Crippen LogP contribution in [0.25, 0.3) is 10.8 Å². The van der Waals surface area contributed by atoms with Crippen molar-refractivity contribution in [2.45, 2.75) is 51.9 Å². The second-order valence-corrected chi connectivity index (χ2v) is 12.1. The molecule has 0 radical (unpaired) electrons. The van der Waals surface area contributed by atoms with Gasteiger partial charge in [0.1, 0.15) is 17.5 Å². The number of hydrogen-bond donors (Lipinski definition) is 0. The van der Waals surface area contributed by atoms with Gasteiger partial charge in [0, 0.05) is 31.6 Å². The van der Waals surface area contributed by atoms with Crippen LogP contribution in [0.4, 0.5) is 10.5 Å². The molecule has 0 aliphatic carbocycles. The van der Waals surface area contributed by atoms with Crippen molar-refractivity contribution in [2.24, 2.45) is 0 Å². The van der Waals surface area contributed by atoms with E-state index in [2.05, 4.69) is 6.07 Å². The first-order chi connectivity index (χ1) is 19.7. The molecule has 0 spiro atoms. The Morgan fingerprint density at radius 3 is 2.39 bits per heavy atom. The van der Waals surface area contributed by atoms with Crippen molar-refractivity contribution >= 4 is 39.8 Å². The van der Waals surface area contributed by atoms with Crippen LogP contribution in [0.3, 0.4) is 0 Å². The number of nitriles is 1. The maximum absolute atomic E-state index is 13.6. The van der Waals surface area contributed by atoms with Crippen LogP contribution in [0.5, 0.6) is 5.75 Å². The predicted octanol–water partition coefficient (Wildman–Crippen LogP) is 7.40. The number of thiophene rings is 1. The van der Waals surface area contributed by atoms with Crippen LogP contribution in [0.2, 0.25) is 0 Å². The van der Waals surface area contributed by atoms with Gasteiger partial charge in [0.05, 0.1) is 23.1 Å². The highest BCUT2D eigenvalue weighted by Crippen LogP contribution is 2.28. The van der Waals surface area contributed by atoms with Gasteiger partial charge in [-0.3, -0.25) is 4.79 Å². The summed E-state index contributed by atoms with van der Waals surface area (Å²) in [6, 6.07) is 25.2. The van der Waals surface area contributed by atoms with Crippen molar-refractivity contribution in [3.8, 4) is 11.8 Å². The lowest BCUT2D eigenvalue weighted by Gasteiger charge is -2.33. The maximum Gasteiger partial charge on any atom is 0.410 e. The van der Waals surface area contributed by atoms with Crippen molar-refractivity contribution < 1.29 is 19.1 Å². The minimum Gasteiger partial charge on any atom is -0.490 e. The van der Waals surface area contributed by atoms with Gasteiger partial charge in [-0.1, -0.05) is 24.3 Å². The van der Waals surface area contributed by atoms with Gasteiger partial charge in [0.15, 0.2) is 0 Å². The van der Waals surface area contributed by atoms with Gasteiger partial charge in [0.25, 0.3) is 5.91 Å². The fraction of sp³-hybridized carbons (Fsp3) is 0.303. The zero-order valence-electron chi connectivity index (χ0n) is 23.5. The highest BCUT2D eigenvalue weighted by molar-refractivity contribution is 7.12. The largest absolute Gasteiger partial charge is 0.490 e. The van der Waals surface area contributed by atoms with E-state index in [9.17, 15) is 14.9 Å². The molecule has 1 fully saturated rings. The molecule has 0 N–H and O–H groups in total. The van der Waals surface area contributed by atoms with Crippen LogP contribution < -0.4 is 9.64 Å². The van der Waals surface area contributed by atoms with Crippen molar-refractivity contribution in [3.05, 3.63) is 94.2 Å². The number of rotatable bonds is 6. The second-order valence-electron chi connectivity index (χ2n) is 11.2. The number of fused-ring (bicyclic) bond motifs is 1. The summed E-state index contributed by atoms with van der Waals surface area (Å²) in [5.74, 6) is 0.650. The Morgan fingerprint density at radius 1 is 1.00 bits per heavy atom. The fourth-order valence-corrected chi connectivity index (χ4v) is 5.51. The molecular weight excluding hydrogens is 534 g/mol. The fourth-order valence-electron chi connectivity index (χ4n) is 4.84. The summed E-state index contributed by atoms with van der Waals surface area (Å²) in [6.45, 7) is 7.16. The van der Waals surface area contributed by atoms with Crippen LogP contribution in [-0.2, 0) is 11.3 Å². The van der Waals surface area contributed by atoms with Gasteiger partial charge in [-0.25, -0.2) is 4.79 Å². The second kappa shape index (κ2) is 12.0. The van der Waals surface area contributed by atoms with E-state index >= 15 is 0 Å². The maximum atomic E-state index is 13.6. The summed E-state index contributed by atoms with van der Waals surface area (Å²) in [4.78, 5) is 30.1. The summed E-state index contributed by atoms with van der Waals surface area (Å²) in [5.41, 5.74) is 1.82. The Labute approximate surface area is 244 Å². The molecule has 0 atom stereocenters. The third kappa shape index (κ3) is 7.05. The van der Waals surface area contributed by atoms with Crippen molar-refractivity contribution in [2.75, 3.05) is 18.0 Å². The molecule has 2 heterocycles. The average molecular weight is 568 g/mol. The van der Waals surface area contributed by atoms with Crippen molar-refractivity contribution in [3.63, 3.8) is 0 Å². The minimum absolute atomic E-state index is 0.000656. The van der Waals surface area contributed by atoms with Crippen molar-refractivity contribution in [1.82, 2.24) is 4.90 Å².